The molecule has 0 saturated heterocycles. The van der Waals surface area contributed by atoms with Crippen molar-refractivity contribution in [3.05, 3.63) is 59.2 Å². The lowest BCUT2D eigenvalue weighted by atomic mass is 10.1. The van der Waals surface area contributed by atoms with Gasteiger partial charge in [-0.05, 0) is 62.1 Å². The van der Waals surface area contributed by atoms with E-state index in [1.165, 1.54) is 34.2 Å². The average molecular weight is 454 g/mol. The lowest BCUT2D eigenvalue weighted by Gasteiger charge is -2.10. The molecule has 160 valence electrons. The summed E-state index contributed by atoms with van der Waals surface area (Å²) in [6.45, 7) is 4.13. The number of carbonyl (C=O) groups excluding carboxylic acids is 2. The molecule has 3 N–H and O–H groups in total. The van der Waals surface area contributed by atoms with Crippen molar-refractivity contribution in [3.8, 4) is 0 Å². The van der Waals surface area contributed by atoms with Gasteiger partial charge in [0.2, 0.25) is 11.0 Å². The summed E-state index contributed by atoms with van der Waals surface area (Å²) in [5, 5.41) is 18.0. The van der Waals surface area contributed by atoms with E-state index in [0.717, 1.165) is 18.5 Å². The highest BCUT2D eigenvalue weighted by Gasteiger charge is 2.25. The summed E-state index contributed by atoms with van der Waals surface area (Å²) in [6.07, 6.45) is 2.03. The number of aromatic nitrogens is 2. The van der Waals surface area contributed by atoms with Crippen molar-refractivity contribution in [1.82, 2.24) is 15.5 Å². The third-order valence-corrected chi connectivity index (χ3v) is 6.82. The van der Waals surface area contributed by atoms with E-state index in [0.29, 0.717) is 20.7 Å². The normalized spacial score (nSPS) is 13.0. The first-order valence-corrected chi connectivity index (χ1v) is 11.8. The second-order valence-electron chi connectivity index (χ2n) is 7.43. The molecule has 0 unspecified atom stereocenters. The standard InChI is InChI=1S/C22H23N5O2S2/c1-13-7-8-16(11-14(13)2)24-21-26-27-22(31-21)30-12-19(28)25-18-6-4-3-5-17(18)20(29)23-15-9-10-15/h3-8,11,15H,9-10,12H2,1-2H3,(H,23,29)(H,24,26)(H,25,28). The van der Waals surface area contributed by atoms with Gasteiger partial charge < -0.3 is 16.0 Å². The Labute approximate surface area is 189 Å². The molecule has 2 aromatic carbocycles. The number of para-hydroxylation sites is 1. The molecule has 0 bridgehead atoms. The van der Waals surface area contributed by atoms with E-state index in [4.69, 9.17) is 0 Å². The largest absolute Gasteiger partial charge is 0.349 e. The SMILES string of the molecule is Cc1ccc(Nc2nnc(SCC(=O)Nc3ccccc3C(=O)NC3CC3)s2)cc1C. The quantitative estimate of drug-likeness (QED) is 0.434. The molecule has 0 radical (unpaired) electrons. The van der Waals surface area contributed by atoms with Gasteiger partial charge in [0.1, 0.15) is 0 Å². The van der Waals surface area contributed by atoms with Crippen molar-refractivity contribution in [1.29, 1.82) is 0 Å². The minimum absolute atomic E-state index is 0.155. The van der Waals surface area contributed by atoms with Crippen LogP contribution in [0.15, 0.2) is 46.8 Å². The van der Waals surface area contributed by atoms with Crippen LogP contribution in [-0.4, -0.2) is 33.8 Å². The second kappa shape index (κ2) is 9.49. The Balaban J connectivity index is 1.31. The van der Waals surface area contributed by atoms with E-state index in [9.17, 15) is 9.59 Å². The predicted molar refractivity (Wildman–Crippen MR) is 125 cm³/mol. The lowest BCUT2D eigenvalue weighted by molar-refractivity contribution is -0.113. The third kappa shape index (κ3) is 5.83. The Morgan fingerprint density at radius 1 is 1.10 bits per heavy atom. The van der Waals surface area contributed by atoms with Gasteiger partial charge in [-0.1, -0.05) is 41.3 Å². The van der Waals surface area contributed by atoms with Gasteiger partial charge in [0.05, 0.1) is 17.0 Å². The van der Waals surface area contributed by atoms with Gasteiger partial charge in [0, 0.05) is 11.7 Å². The van der Waals surface area contributed by atoms with E-state index in [2.05, 4.69) is 52.1 Å². The maximum atomic E-state index is 12.4. The van der Waals surface area contributed by atoms with Gasteiger partial charge in [-0.15, -0.1) is 10.2 Å². The topological polar surface area (TPSA) is 96.0 Å². The third-order valence-electron chi connectivity index (χ3n) is 4.85. The Kier molecular flexibility index (Phi) is 6.53. The second-order valence-corrected chi connectivity index (χ2v) is 9.63. The number of hydrogen-bond donors (Lipinski definition) is 3. The maximum Gasteiger partial charge on any atom is 0.253 e. The number of aryl methyl sites for hydroxylation is 2. The van der Waals surface area contributed by atoms with Gasteiger partial charge >= 0.3 is 0 Å². The molecule has 1 aliphatic carbocycles. The van der Waals surface area contributed by atoms with Gasteiger partial charge in [-0.25, -0.2) is 0 Å². The number of benzene rings is 2. The Morgan fingerprint density at radius 2 is 1.90 bits per heavy atom. The molecule has 0 spiro atoms. The number of anilines is 3. The van der Waals surface area contributed by atoms with Crippen molar-refractivity contribution >= 4 is 51.4 Å². The van der Waals surface area contributed by atoms with Crippen molar-refractivity contribution < 1.29 is 9.59 Å². The summed E-state index contributed by atoms with van der Waals surface area (Å²) in [5.41, 5.74) is 4.38. The van der Waals surface area contributed by atoms with Crippen molar-refractivity contribution in [2.75, 3.05) is 16.4 Å². The summed E-state index contributed by atoms with van der Waals surface area (Å²) >= 11 is 2.71. The highest BCUT2D eigenvalue weighted by Crippen LogP contribution is 2.28. The highest BCUT2D eigenvalue weighted by atomic mass is 32.2. The number of rotatable bonds is 8. The van der Waals surface area contributed by atoms with Crippen molar-refractivity contribution in [2.45, 2.75) is 37.1 Å². The number of nitrogens with zero attached hydrogens (tertiary/aromatic N) is 2. The van der Waals surface area contributed by atoms with Crippen molar-refractivity contribution in [2.24, 2.45) is 0 Å². The first kappa shape index (κ1) is 21.3. The van der Waals surface area contributed by atoms with Crippen LogP contribution in [0.1, 0.15) is 34.3 Å². The molecule has 4 rings (SSSR count). The molecule has 1 saturated carbocycles. The van der Waals surface area contributed by atoms with Crippen molar-refractivity contribution in [3.63, 3.8) is 0 Å². The summed E-state index contributed by atoms with van der Waals surface area (Å²) in [7, 11) is 0. The Morgan fingerprint density at radius 3 is 2.68 bits per heavy atom. The zero-order valence-electron chi connectivity index (χ0n) is 17.3. The van der Waals surface area contributed by atoms with E-state index in [1.54, 1.807) is 24.3 Å². The van der Waals surface area contributed by atoms with E-state index in [-0.39, 0.29) is 23.6 Å². The molecule has 31 heavy (non-hydrogen) atoms. The van der Waals surface area contributed by atoms with Crippen LogP contribution in [0.4, 0.5) is 16.5 Å². The first-order valence-electron chi connectivity index (χ1n) is 9.98. The number of amides is 2. The molecule has 1 heterocycles. The molecule has 2 amide bonds. The molecule has 9 heteroatoms. The molecule has 1 aromatic heterocycles. The van der Waals surface area contributed by atoms with Crippen LogP contribution in [0.3, 0.4) is 0 Å². The van der Waals surface area contributed by atoms with Gasteiger partial charge in [-0.2, -0.15) is 0 Å². The maximum absolute atomic E-state index is 12.4. The number of nitrogens with one attached hydrogen (secondary N) is 3. The molecular weight excluding hydrogens is 430 g/mol. The Bertz CT molecular complexity index is 1110. The van der Waals surface area contributed by atoms with Crippen LogP contribution >= 0.6 is 23.1 Å². The molecular formula is C22H23N5O2S2. The van der Waals surface area contributed by atoms with Crippen LogP contribution in [0.25, 0.3) is 0 Å². The van der Waals surface area contributed by atoms with E-state index in [1.807, 2.05) is 6.07 Å². The van der Waals surface area contributed by atoms with Crippen LogP contribution in [0, 0.1) is 13.8 Å². The van der Waals surface area contributed by atoms with Crippen LogP contribution < -0.4 is 16.0 Å². The number of thioether (sulfide) groups is 1. The highest BCUT2D eigenvalue weighted by molar-refractivity contribution is 8.01. The molecule has 0 aliphatic heterocycles. The molecule has 0 atom stereocenters. The molecule has 3 aromatic rings. The summed E-state index contributed by atoms with van der Waals surface area (Å²) < 4.78 is 0.696. The zero-order valence-corrected chi connectivity index (χ0v) is 18.9. The molecule has 1 aliphatic rings. The average Bonchev–Trinajstić information content (AvgIpc) is 3.45. The number of hydrogen-bond acceptors (Lipinski definition) is 7. The first-order chi connectivity index (χ1) is 15.0. The fraction of sp³-hybridized carbons (Fsp3) is 0.273. The number of carbonyl (C=O) groups is 2. The van der Waals surface area contributed by atoms with Crippen LogP contribution in [0.5, 0.6) is 0 Å². The fourth-order valence-corrected chi connectivity index (χ4v) is 4.43. The van der Waals surface area contributed by atoms with E-state index < -0.39 is 0 Å². The minimum Gasteiger partial charge on any atom is -0.349 e. The summed E-state index contributed by atoms with van der Waals surface area (Å²) in [6, 6.07) is 13.4. The van der Waals surface area contributed by atoms with Gasteiger partial charge in [0.15, 0.2) is 4.34 Å². The predicted octanol–water partition coefficient (Wildman–Crippen LogP) is 4.52. The minimum atomic E-state index is -0.199. The van der Waals surface area contributed by atoms with Crippen LogP contribution in [-0.2, 0) is 4.79 Å². The summed E-state index contributed by atoms with van der Waals surface area (Å²) in [4.78, 5) is 24.8. The van der Waals surface area contributed by atoms with Gasteiger partial charge in [-0.3, -0.25) is 9.59 Å². The monoisotopic (exact) mass is 453 g/mol. The molecule has 7 nitrogen and oxygen atoms in total. The van der Waals surface area contributed by atoms with E-state index >= 15 is 0 Å². The van der Waals surface area contributed by atoms with Gasteiger partial charge in [0.25, 0.3) is 5.91 Å². The smallest absolute Gasteiger partial charge is 0.253 e. The Hall–Kier alpha value is -2.91. The summed E-state index contributed by atoms with van der Waals surface area (Å²) in [5.74, 6) is -0.176. The zero-order chi connectivity index (χ0) is 21.8. The fourth-order valence-electron chi connectivity index (χ4n) is 2.86. The van der Waals surface area contributed by atoms with Crippen LogP contribution in [0.2, 0.25) is 0 Å². The lowest BCUT2D eigenvalue weighted by Crippen LogP contribution is -2.27. The molecule has 1 fully saturated rings.